The van der Waals surface area contributed by atoms with Crippen LogP contribution in [0.15, 0.2) is 48.5 Å². The van der Waals surface area contributed by atoms with Crippen molar-refractivity contribution in [3.63, 3.8) is 0 Å². The molecule has 4 rings (SSSR count). The van der Waals surface area contributed by atoms with Crippen molar-refractivity contribution in [2.75, 3.05) is 12.4 Å². The van der Waals surface area contributed by atoms with Gasteiger partial charge in [0, 0.05) is 17.5 Å². The molecule has 0 bridgehead atoms. The van der Waals surface area contributed by atoms with Gasteiger partial charge in [0.1, 0.15) is 5.75 Å². The number of carbonyl (C=O) groups excluding carboxylic acids is 1. The summed E-state index contributed by atoms with van der Waals surface area (Å²) in [7, 11) is 1.64. The van der Waals surface area contributed by atoms with E-state index in [9.17, 15) is 4.79 Å². The number of nitrogens with zero attached hydrogens (tertiary/aromatic N) is 3. The molecule has 0 atom stereocenters. The molecule has 0 aliphatic heterocycles. The zero-order valence-corrected chi connectivity index (χ0v) is 18.7. The number of amides is 1. The summed E-state index contributed by atoms with van der Waals surface area (Å²) >= 11 is 0. The number of aromatic nitrogens is 3. The van der Waals surface area contributed by atoms with Crippen LogP contribution >= 0.6 is 0 Å². The molecule has 0 aliphatic carbocycles. The first-order valence-electron chi connectivity index (χ1n) is 10.6. The van der Waals surface area contributed by atoms with Gasteiger partial charge < -0.3 is 10.1 Å². The van der Waals surface area contributed by atoms with Gasteiger partial charge in [0.15, 0.2) is 11.5 Å². The number of fused-ring (bicyclic) bond motifs is 2. The van der Waals surface area contributed by atoms with Crippen LogP contribution in [-0.4, -0.2) is 27.8 Å². The second kappa shape index (κ2) is 8.02. The van der Waals surface area contributed by atoms with E-state index in [1.54, 1.807) is 7.11 Å². The quantitative estimate of drug-likeness (QED) is 0.463. The first-order chi connectivity index (χ1) is 14.8. The average Bonchev–Trinajstić information content (AvgIpc) is 3.07. The summed E-state index contributed by atoms with van der Waals surface area (Å²) in [4.78, 5) is 17.8. The van der Waals surface area contributed by atoms with E-state index in [0.29, 0.717) is 11.4 Å². The minimum atomic E-state index is -0.186. The minimum absolute atomic E-state index is 0.0396. The summed E-state index contributed by atoms with van der Waals surface area (Å²) in [5.41, 5.74) is 3.45. The number of carbonyl (C=O) groups is 1. The molecular formula is C25H28N4O2. The van der Waals surface area contributed by atoms with Crippen LogP contribution in [0.2, 0.25) is 0 Å². The number of nitrogens with one attached hydrogen (secondary N) is 1. The van der Waals surface area contributed by atoms with Gasteiger partial charge in [-0.15, -0.1) is 0 Å². The lowest BCUT2D eigenvalue weighted by atomic mass is 9.87. The average molecular weight is 417 g/mol. The molecule has 0 spiro atoms. The van der Waals surface area contributed by atoms with E-state index in [-0.39, 0.29) is 11.3 Å². The van der Waals surface area contributed by atoms with Gasteiger partial charge >= 0.3 is 0 Å². The third kappa shape index (κ3) is 4.10. The van der Waals surface area contributed by atoms with E-state index in [0.717, 1.165) is 40.7 Å². The Morgan fingerprint density at radius 2 is 1.84 bits per heavy atom. The molecule has 4 aromatic rings. The van der Waals surface area contributed by atoms with Crippen molar-refractivity contribution >= 4 is 33.7 Å². The molecule has 0 saturated heterocycles. The number of pyridine rings is 1. The number of methoxy groups -OCH3 is 1. The normalized spacial score (nSPS) is 11.8. The van der Waals surface area contributed by atoms with E-state index < -0.39 is 0 Å². The molecule has 31 heavy (non-hydrogen) atoms. The molecule has 1 N–H and O–H groups in total. The van der Waals surface area contributed by atoms with Gasteiger partial charge in [-0.1, -0.05) is 39.8 Å². The molecule has 2 aromatic carbocycles. The maximum atomic E-state index is 12.9. The van der Waals surface area contributed by atoms with Crippen molar-refractivity contribution in [3.8, 4) is 5.75 Å². The van der Waals surface area contributed by atoms with Gasteiger partial charge in [0.05, 0.1) is 18.0 Å². The van der Waals surface area contributed by atoms with Crippen LogP contribution in [-0.2, 0) is 12.0 Å². The molecule has 0 unspecified atom stereocenters. The van der Waals surface area contributed by atoms with E-state index in [4.69, 9.17) is 9.72 Å². The first-order valence-corrected chi connectivity index (χ1v) is 10.6. The Morgan fingerprint density at radius 3 is 2.48 bits per heavy atom. The number of hydrogen-bond donors (Lipinski definition) is 1. The van der Waals surface area contributed by atoms with Crippen LogP contribution in [0, 0.1) is 0 Å². The lowest BCUT2D eigenvalue weighted by Crippen LogP contribution is -2.15. The van der Waals surface area contributed by atoms with Crippen molar-refractivity contribution < 1.29 is 9.53 Å². The maximum Gasteiger partial charge on any atom is 0.256 e. The van der Waals surface area contributed by atoms with E-state index in [1.165, 1.54) is 5.56 Å². The summed E-state index contributed by atoms with van der Waals surface area (Å²) < 4.78 is 7.20. The second-order valence-electron chi connectivity index (χ2n) is 8.77. The molecule has 6 heteroatoms. The Bertz CT molecular complexity index is 1250. The fourth-order valence-corrected chi connectivity index (χ4v) is 3.63. The van der Waals surface area contributed by atoms with Gasteiger partial charge in [-0.25, -0.2) is 9.67 Å². The standard InChI is InChI=1S/C25H28N4O2/c1-6-13-29-23-20(15-17-14-19(31-5)11-12-21(17)26-23)22(28-29)27-24(30)16-7-9-18(10-8-16)25(2,3)4/h7-12,14-15H,6,13H2,1-5H3,(H,27,28,30). The predicted octanol–water partition coefficient (Wildman–Crippen LogP) is 5.55. The molecule has 0 fully saturated rings. The minimum Gasteiger partial charge on any atom is -0.497 e. The highest BCUT2D eigenvalue weighted by molar-refractivity contribution is 6.08. The van der Waals surface area contributed by atoms with E-state index >= 15 is 0 Å². The van der Waals surface area contributed by atoms with Crippen molar-refractivity contribution in [2.24, 2.45) is 0 Å². The number of rotatable bonds is 5. The zero-order chi connectivity index (χ0) is 22.2. The number of benzene rings is 2. The van der Waals surface area contributed by atoms with Crippen LogP contribution < -0.4 is 10.1 Å². The topological polar surface area (TPSA) is 69.0 Å². The summed E-state index contributed by atoms with van der Waals surface area (Å²) in [6.45, 7) is 9.28. The highest BCUT2D eigenvalue weighted by atomic mass is 16.5. The fourth-order valence-electron chi connectivity index (χ4n) is 3.63. The highest BCUT2D eigenvalue weighted by Crippen LogP contribution is 2.29. The van der Waals surface area contributed by atoms with Crippen LogP contribution in [0.25, 0.3) is 21.9 Å². The van der Waals surface area contributed by atoms with E-state index in [2.05, 4.69) is 38.1 Å². The third-order valence-electron chi connectivity index (χ3n) is 5.40. The van der Waals surface area contributed by atoms with Crippen LogP contribution in [0.4, 0.5) is 5.82 Å². The molecule has 6 nitrogen and oxygen atoms in total. The van der Waals surface area contributed by atoms with Crippen molar-refractivity contribution in [1.82, 2.24) is 14.8 Å². The fraction of sp³-hybridized carbons (Fsp3) is 0.320. The molecular weight excluding hydrogens is 388 g/mol. The second-order valence-corrected chi connectivity index (χ2v) is 8.77. The molecule has 2 aromatic heterocycles. The maximum absolute atomic E-state index is 12.9. The Balaban J connectivity index is 1.73. The lowest BCUT2D eigenvalue weighted by Gasteiger charge is -2.19. The molecule has 0 aliphatic rings. The lowest BCUT2D eigenvalue weighted by molar-refractivity contribution is 0.102. The molecule has 0 saturated carbocycles. The van der Waals surface area contributed by atoms with Crippen molar-refractivity contribution in [1.29, 1.82) is 0 Å². The summed E-state index contributed by atoms with van der Waals surface area (Å²) in [6, 6.07) is 15.5. The largest absolute Gasteiger partial charge is 0.497 e. The third-order valence-corrected chi connectivity index (χ3v) is 5.40. The number of aryl methyl sites for hydroxylation is 1. The SMILES string of the molecule is CCCn1nc(NC(=O)c2ccc(C(C)(C)C)cc2)c2cc3cc(OC)ccc3nc21. The Kier molecular flexibility index (Phi) is 5.39. The summed E-state index contributed by atoms with van der Waals surface area (Å²) in [6.07, 6.45) is 0.917. The Hall–Kier alpha value is -3.41. The van der Waals surface area contributed by atoms with Gasteiger partial charge in [-0.2, -0.15) is 5.10 Å². The molecule has 0 radical (unpaired) electrons. The molecule has 1 amide bonds. The smallest absolute Gasteiger partial charge is 0.256 e. The number of anilines is 1. The van der Waals surface area contributed by atoms with E-state index in [1.807, 2.05) is 53.2 Å². The predicted molar refractivity (Wildman–Crippen MR) is 125 cm³/mol. The van der Waals surface area contributed by atoms with Gasteiger partial charge in [0.25, 0.3) is 5.91 Å². The van der Waals surface area contributed by atoms with Crippen molar-refractivity contribution in [3.05, 3.63) is 59.7 Å². The Morgan fingerprint density at radius 1 is 1.10 bits per heavy atom. The number of ether oxygens (including phenoxy) is 1. The highest BCUT2D eigenvalue weighted by Gasteiger charge is 2.18. The summed E-state index contributed by atoms with van der Waals surface area (Å²) in [5, 5.41) is 9.40. The molecule has 160 valence electrons. The number of hydrogen-bond acceptors (Lipinski definition) is 4. The van der Waals surface area contributed by atoms with Crippen LogP contribution in [0.1, 0.15) is 50.0 Å². The van der Waals surface area contributed by atoms with Gasteiger partial charge in [-0.05, 0) is 53.8 Å². The van der Waals surface area contributed by atoms with Gasteiger partial charge in [0.2, 0.25) is 0 Å². The first kappa shape index (κ1) is 20.8. The van der Waals surface area contributed by atoms with Crippen LogP contribution in [0.5, 0.6) is 5.75 Å². The van der Waals surface area contributed by atoms with Crippen molar-refractivity contribution in [2.45, 2.75) is 46.1 Å². The zero-order valence-electron chi connectivity index (χ0n) is 18.7. The Labute approximate surface area is 182 Å². The van der Waals surface area contributed by atoms with Gasteiger partial charge in [-0.3, -0.25) is 4.79 Å². The monoisotopic (exact) mass is 416 g/mol. The molecule has 2 heterocycles. The summed E-state index contributed by atoms with van der Waals surface area (Å²) in [5.74, 6) is 1.10. The van der Waals surface area contributed by atoms with Crippen LogP contribution in [0.3, 0.4) is 0 Å².